The van der Waals surface area contributed by atoms with E-state index < -0.39 is 16.2 Å². The second-order valence-electron chi connectivity index (χ2n) is 6.78. The molecular weight excluding hydrogens is 328 g/mol. The highest BCUT2D eigenvalue weighted by atomic mass is 32.2. The molecule has 3 rings (SSSR count). The van der Waals surface area contributed by atoms with Gasteiger partial charge < -0.3 is 5.11 Å². The van der Waals surface area contributed by atoms with Crippen molar-refractivity contribution in [1.82, 2.24) is 9.03 Å². The van der Waals surface area contributed by atoms with Crippen LogP contribution in [0.25, 0.3) is 0 Å². The number of carboxylic acids is 1. The molecule has 2 aliphatic rings. The first-order chi connectivity index (χ1) is 11.5. The molecule has 1 aliphatic carbocycles. The number of piperidine rings is 1. The van der Waals surface area contributed by atoms with Gasteiger partial charge in [-0.2, -0.15) is 17.4 Å². The number of nitrogens with one attached hydrogen (secondary N) is 1. The van der Waals surface area contributed by atoms with Crippen molar-refractivity contribution in [2.75, 3.05) is 13.1 Å². The van der Waals surface area contributed by atoms with E-state index in [4.69, 9.17) is 5.11 Å². The smallest absolute Gasteiger partial charge is 0.335 e. The molecule has 24 heavy (non-hydrogen) atoms. The van der Waals surface area contributed by atoms with Crippen molar-refractivity contribution in [2.45, 2.75) is 38.6 Å². The highest BCUT2D eigenvalue weighted by Gasteiger charge is 2.35. The number of carbonyl (C=O) groups is 1. The van der Waals surface area contributed by atoms with Crippen LogP contribution >= 0.6 is 0 Å². The van der Waals surface area contributed by atoms with E-state index in [1.54, 1.807) is 16.4 Å². The first-order valence-electron chi connectivity index (χ1n) is 8.53. The minimum atomic E-state index is -3.53. The topological polar surface area (TPSA) is 86.7 Å². The number of hydrogen-bond donors (Lipinski definition) is 2. The Balaban J connectivity index is 1.62. The van der Waals surface area contributed by atoms with Gasteiger partial charge in [-0.05, 0) is 42.4 Å². The molecule has 0 spiro atoms. The maximum atomic E-state index is 12.6. The number of rotatable bonds is 5. The zero-order valence-electron chi connectivity index (χ0n) is 13.6. The summed E-state index contributed by atoms with van der Waals surface area (Å²) in [5.74, 6) is 0.149. The van der Waals surface area contributed by atoms with Gasteiger partial charge in [-0.1, -0.05) is 31.4 Å². The Morgan fingerprint density at radius 2 is 1.96 bits per heavy atom. The summed E-state index contributed by atoms with van der Waals surface area (Å²) < 4.78 is 29.3. The minimum absolute atomic E-state index is 0.105. The van der Waals surface area contributed by atoms with Gasteiger partial charge in [0.15, 0.2) is 0 Å². The van der Waals surface area contributed by atoms with Gasteiger partial charge in [0.2, 0.25) is 0 Å². The number of hydrogen-bond acceptors (Lipinski definition) is 3. The Hall–Kier alpha value is -1.44. The van der Waals surface area contributed by atoms with Crippen molar-refractivity contribution >= 4 is 16.2 Å². The van der Waals surface area contributed by atoms with Gasteiger partial charge in [0.05, 0.1) is 5.56 Å². The highest BCUT2D eigenvalue weighted by Crippen LogP contribution is 2.36. The van der Waals surface area contributed by atoms with E-state index in [2.05, 4.69) is 4.72 Å². The van der Waals surface area contributed by atoms with Crippen LogP contribution in [-0.2, 0) is 16.8 Å². The molecule has 1 aromatic rings. The van der Waals surface area contributed by atoms with Crippen LogP contribution in [0.15, 0.2) is 24.3 Å². The van der Waals surface area contributed by atoms with Crippen molar-refractivity contribution in [1.29, 1.82) is 0 Å². The van der Waals surface area contributed by atoms with E-state index in [1.165, 1.54) is 31.4 Å². The first kappa shape index (κ1) is 17.4. The van der Waals surface area contributed by atoms with Crippen LogP contribution in [0.3, 0.4) is 0 Å². The Morgan fingerprint density at radius 1 is 1.21 bits per heavy atom. The summed E-state index contributed by atoms with van der Waals surface area (Å²) in [7, 11) is -3.53. The monoisotopic (exact) mass is 352 g/mol. The molecule has 6 nitrogen and oxygen atoms in total. The fourth-order valence-electron chi connectivity index (χ4n) is 3.87. The Morgan fingerprint density at radius 3 is 2.71 bits per heavy atom. The van der Waals surface area contributed by atoms with Crippen molar-refractivity contribution in [3.8, 4) is 0 Å². The van der Waals surface area contributed by atoms with Crippen LogP contribution in [0, 0.1) is 11.8 Å². The molecular formula is C17H24N2O4S. The summed E-state index contributed by atoms with van der Waals surface area (Å²) in [6.45, 7) is 1.29. The van der Waals surface area contributed by atoms with Gasteiger partial charge in [-0.3, -0.25) is 0 Å². The van der Waals surface area contributed by atoms with E-state index in [0.717, 1.165) is 12.8 Å². The van der Waals surface area contributed by atoms with E-state index >= 15 is 0 Å². The van der Waals surface area contributed by atoms with Crippen LogP contribution in [0.5, 0.6) is 0 Å². The summed E-state index contributed by atoms with van der Waals surface area (Å²) in [5, 5.41) is 9.00. The van der Waals surface area contributed by atoms with Crippen LogP contribution in [0.4, 0.5) is 0 Å². The molecule has 1 heterocycles. The largest absolute Gasteiger partial charge is 0.478 e. The summed E-state index contributed by atoms with van der Waals surface area (Å²) in [6, 6.07) is 6.34. The standard InChI is InChI=1S/C17H24N2O4S/c20-17(21)15-7-3-4-13(10-15)11-18-24(22,23)19-9-8-14-5-1-2-6-16(14)12-19/h3-4,7,10,14,16,18H,1-2,5-6,8-9,11-12H2,(H,20,21). The lowest BCUT2D eigenvalue weighted by atomic mass is 9.76. The van der Waals surface area contributed by atoms with Crippen molar-refractivity contribution in [3.63, 3.8) is 0 Å². The zero-order chi connectivity index (χ0) is 17.2. The molecule has 0 aromatic heterocycles. The summed E-state index contributed by atoms with van der Waals surface area (Å²) in [6.07, 6.45) is 5.77. The normalized spacial score (nSPS) is 25.2. The first-order valence-corrected chi connectivity index (χ1v) is 9.97. The lowest BCUT2D eigenvalue weighted by Crippen LogP contribution is -2.48. The maximum absolute atomic E-state index is 12.6. The Kier molecular flexibility index (Phi) is 5.22. The van der Waals surface area contributed by atoms with E-state index in [9.17, 15) is 13.2 Å². The van der Waals surface area contributed by atoms with Gasteiger partial charge in [0.1, 0.15) is 0 Å². The average Bonchev–Trinajstić information content (AvgIpc) is 2.60. The fraction of sp³-hybridized carbons (Fsp3) is 0.588. The molecule has 2 atom stereocenters. The third-order valence-electron chi connectivity index (χ3n) is 5.23. The number of benzene rings is 1. The third-order valence-corrected chi connectivity index (χ3v) is 6.75. The minimum Gasteiger partial charge on any atom is -0.478 e. The molecule has 1 aromatic carbocycles. The summed E-state index contributed by atoms with van der Waals surface area (Å²) >= 11 is 0. The van der Waals surface area contributed by atoms with Crippen molar-refractivity contribution < 1.29 is 18.3 Å². The molecule has 1 aliphatic heterocycles. The SMILES string of the molecule is O=C(O)c1cccc(CNS(=O)(=O)N2CCC3CCCCC3C2)c1. The van der Waals surface area contributed by atoms with E-state index in [1.807, 2.05) is 0 Å². The lowest BCUT2D eigenvalue weighted by Gasteiger charge is -2.40. The van der Waals surface area contributed by atoms with Gasteiger partial charge in [0.25, 0.3) is 10.2 Å². The lowest BCUT2D eigenvalue weighted by molar-refractivity contribution is 0.0696. The summed E-state index contributed by atoms with van der Waals surface area (Å²) in [4.78, 5) is 11.0. The fourth-order valence-corrected chi connectivity index (χ4v) is 5.13. The van der Waals surface area contributed by atoms with E-state index in [-0.39, 0.29) is 12.1 Å². The van der Waals surface area contributed by atoms with Crippen LogP contribution < -0.4 is 4.72 Å². The molecule has 7 heteroatoms. The molecule has 2 unspecified atom stereocenters. The number of fused-ring (bicyclic) bond motifs is 1. The predicted octanol–water partition coefficient (Wildman–Crippen LogP) is 2.23. The third kappa shape index (κ3) is 3.96. The van der Waals surface area contributed by atoms with Gasteiger partial charge in [-0.15, -0.1) is 0 Å². The highest BCUT2D eigenvalue weighted by molar-refractivity contribution is 7.87. The van der Waals surface area contributed by atoms with Gasteiger partial charge >= 0.3 is 5.97 Å². The average molecular weight is 352 g/mol. The molecule has 2 N–H and O–H groups in total. The van der Waals surface area contributed by atoms with E-state index in [0.29, 0.717) is 30.5 Å². The Bertz CT molecular complexity index is 704. The molecule has 0 bridgehead atoms. The molecule has 132 valence electrons. The molecule has 1 saturated heterocycles. The van der Waals surface area contributed by atoms with Crippen molar-refractivity contribution in [2.24, 2.45) is 11.8 Å². The van der Waals surface area contributed by atoms with Crippen LogP contribution in [-0.4, -0.2) is 36.9 Å². The summed E-state index contributed by atoms with van der Waals surface area (Å²) in [5.41, 5.74) is 0.806. The van der Waals surface area contributed by atoms with Crippen LogP contribution in [0.2, 0.25) is 0 Å². The predicted molar refractivity (Wildman–Crippen MR) is 90.8 cm³/mol. The quantitative estimate of drug-likeness (QED) is 0.851. The molecule has 0 radical (unpaired) electrons. The zero-order valence-corrected chi connectivity index (χ0v) is 14.5. The second kappa shape index (κ2) is 7.21. The molecule has 1 saturated carbocycles. The number of carboxylic acid groups (broad SMARTS) is 1. The molecule has 2 fully saturated rings. The number of aromatic carboxylic acids is 1. The molecule has 0 amide bonds. The van der Waals surface area contributed by atoms with Crippen LogP contribution in [0.1, 0.15) is 48.0 Å². The second-order valence-corrected chi connectivity index (χ2v) is 8.54. The van der Waals surface area contributed by atoms with Crippen molar-refractivity contribution in [3.05, 3.63) is 35.4 Å². The maximum Gasteiger partial charge on any atom is 0.335 e. The Labute approximate surface area is 143 Å². The van der Waals surface area contributed by atoms with Gasteiger partial charge in [-0.25, -0.2) is 4.79 Å². The number of nitrogens with zero attached hydrogens (tertiary/aromatic N) is 1. The van der Waals surface area contributed by atoms with Gasteiger partial charge in [0, 0.05) is 19.6 Å².